The fraction of sp³-hybridized carbons (Fsp3) is 0.250. The number of rotatable bonds is 3. The summed E-state index contributed by atoms with van der Waals surface area (Å²) in [6.07, 6.45) is 0. The molecule has 1 heterocycles. The molecule has 0 aliphatic heterocycles. The highest BCUT2D eigenvalue weighted by Gasteiger charge is 2.11. The van der Waals surface area contributed by atoms with Crippen LogP contribution in [0, 0.1) is 0 Å². The lowest BCUT2D eigenvalue weighted by Crippen LogP contribution is -1.96. The molecule has 2 rings (SSSR count). The average molecular weight is 233 g/mol. The Hall–Kier alpha value is -2.17. The van der Waals surface area contributed by atoms with Crippen LogP contribution in [0.1, 0.15) is 0 Å². The van der Waals surface area contributed by atoms with Crippen molar-refractivity contribution in [3.05, 3.63) is 24.3 Å². The Labute approximate surface area is 99.8 Å². The van der Waals surface area contributed by atoms with E-state index in [4.69, 9.17) is 15.2 Å². The van der Waals surface area contributed by atoms with Gasteiger partial charge in [-0.2, -0.15) is 5.10 Å². The normalized spacial score (nSPS) is 10.3. The molecule has 1 aromatic carbocycles. The molecule has 0 saturated heterocycles. The fourth-order valence-corrected chi connectivity index (χ4v) is 1.63. The Kier molecular flexibility index (Phi) is 2.91. The minimum Gasteiger partial charge on any atom is -0.497 e. The largest absolute Gasteiger partial charge is 0.497 e. The van der Waals surface area contributed by atoms with E-state index in [1.807, 2.05) is 18.2 Å². The van der Waals surface area contributed by atoms with E-state index < -0.39 is 0 Å². The standard InChI is InChI=1S/C12H15N3O2/c1-15-12(13)7-10(14-15)9-6-8(16-2)4-5-11(9)17-3/h4-7H,13H2,1-3H3. The van der Waals surface area contributed by atoms with Crippen molar-refractivity contribution < 1.29 is 9.47 Å². The van der Waals surface area contributed by atoms with Crippen LogP contribution in [0.3, 0.4) is 0 Å². The fourth-order valence-electron chi connectivity index (χ4n) is 1.63. The predicted octanol–water partition coefficient (Wildman–Crippen LogP) is 1.69. The average Bonchev–Trinajstić information content (AvgIpc) is 2.68. The number of aromatic nitrogens is 2. The summed E-state index contributed by atoms with van der Waals surface area (Å²) >= 11 is 0. The highest BCUT2D eigenvalue weighted by molar-refractivity contribution is 5.70. The van der Waals surface area contributed by atoms with Gasteiger partial charge in [0.25, 0.3) is 0 Å². The number of nitrogens with two attached hydrogens (primary N) is 1. The van der Waals surface area contributed by atoms with Crippen LogP contribution in [-0.4, -0.2) is 24.0 Å². The zero-order valence-electron chi connectivity index (χ0n) is 10.1. The molecular formula is C12H15N3O2. The summed E-state index contributed by atoms with van der Waals surface area (Å²) in [5.41, 5.74) is 7.39. The maximum atomic E-state index is 5.77. The summed E-state index contributed by atoms with van der Waals surface area (Å²) in [5.74, 6) is 2.10. The first-order valence-electron chi connectivity index (χ1n) is 5.17. The molecule has 17 heavy (non-hydrogen) atoms. The van der Waals surface area contributed by atoms with Crippen molar-refractivity contribution in [2.75, 3.05) is 20.0 Å². The first-order chi connectivity index (χ1) is 8.15. The molecule has 0 spiro atoms. The van der Waals surface area contributed by atoms with Crippen LogP contribution in [0.4, 0.5) is 5.82 Å². The highest BCUT2D eigenvalue weighted by Crippen LogP contribution is 2.33. The number of methoxy groups -OCH3 is 2. The molecule has 0 atom stereocenters. The number of nitrogen functional groups attached to an aromatic ring is 1. The molecule has 90 valence electrons. The summed E-state index contributed by atoms with van der Waals surface area (Å²) in [7, 11) is 5.04. The van der Waals surface area contributed by atoms with Gasteiger partial charge in [-0.15, -0.1) is 0 Å². The van der Waals surface area contributed by atoms with Crippen LogP contribution in [0.5, 0.6) is 11.5 Å². The van der Waals surface area contributed by atoms with Gasteiger partial charge in [-0.1, -0.05) is 0 Å². The smallest absolute Gasteiger partial charge is 0.128 e. The molecular weight excluding hydrogens is 218 g/mol. The number of ether oxygens (including phenoxy) is 2. The molecule has 5 heteroatoms. The van der Waals surface area contributed by atoms with Crippen molar-refractivity contribution in [1.29, 1.82) is 0 Å². The molecule has 0 bridgehead atoms. The van der Waals surface area contributed by atoms with Gasteiger partial charge in [-0.25, -0.2) is 0 Å². The Morgan fingerprint density at radius 1 is 1.18 bits per heavy atom. The summed E-state index contributed by atoms with van der Waals surface area (Å²) in [6.45, 7) is 0. The van der Waals surface area contributed by atoms with Crippen LogP contribution in [-0.2, 0) is 7.05 Å². The topological polar surface area (TPSA) is 62.3 Å². The van der Waals surface area contributed by atoms with E-state index in [2.05, 4.69) is 5.10 Å². The van der Waals surface area contributed by atoms with Crippen molar-refractivity contribution in [2.24, 2.45) is 7.05 Å². The molecule has 0 unspecified atom stereocenters. The second-order valence-corrected chi connectivity index (χ2v) is 3.64. The third-order valence-electron chi connectivity index (χ3n) is 2.60. The molecule has 2 aromatic rings. The first kappa shape index (κ1) is 11.3. The molecule has 2 N–H and O–H groups in total. The maximum Gasteiger partial charge on any atom is 0.128 e. The molecule has 0 aliphatic rings. The Morgan fingerprint density at radius 2 is 1.94 bits per heavy atom. The Bertz CT molecular complexity index is 515. The highest BCUT2D eigenvalue weighted by atomic mass is 16.5. The van der Waals surface area contributed by atoms with Crippen molar-refractivity contribution in [2.45, 2.75) is 0 Å². The van der Waals surface area contributed by atoms with Gasteiger partial charge in [0, 0.05) is 18.7 Å². The van der Waals surface area contributed by atoms with Gasteiger partial charge < -0.3 is 15.2 Å². The van der Waals surface area contributed by atoms with E-state index in [-0.39, 0.29) is 0 Å². The van der Waals surface area contributed by atoms with Crippen molar-refractivity contribution >= 4 is 5.82 Å². The van der Waals surface area contributed by atoms with Gasteiger partial charge in [0.1, 0.15) is 17.3 Å². The van der Waals surface area contributed by atoms with Crippen molar-refractivity contribution in [3.8, 4) is 22.8 Å². The lowest BCUT2D eigenvalue weighted by molar-refractivity contribution is 0.404. The summed E-state index contributed by atoms with van der Waals surface area (Å²) < 4.78 is 12.1. The lowest BCUT2D eigenvalue weighted by Gasteiger charge is -2.08. The Balaban J connectivity index is 2.55. The van der Waals surface area contributed by atoms with E-state index in [0.29, 0.717) is 5.82 Å². The molecule has 0 saturated carbocycles. The second-order valence-electron chi connectivity index (χ2n) is 3.64. The van der Waals surface area contributed by atoms with Crippen molar-refractivity contribution in [3.63, 3.8) is 0 Å². The van der Waals surface area contributed by atoms with Gasteiger partial charge in [-0.05, 0) is 18.2 Å². The van der Waals surface area contributed by atoms with Crippen molar-refractivity contribution in [1.82, 2.24) is 9.78 Å². The van der Waals surface area contributed by atoms with Crippen LogP contribution in [0.15, 0.2) is 24.3 Å². The predicted molar refractivity (Wildman–Crippen MR) is 66.2 cm³/mol. The summed E-state index contributed by atoms with van der Waals surface area (Å²) in [6, 6.07) is 7.37. The number of aryl methyl sites for hydroxylation is 1. The third kappa shape index (κ3) is 2.04. The van der Waals surface area contributed by atoms with Gasteiger partial charge in [-0.3, -0.25) is 4.68 Å². The monoisotopic (exact) mass is 233 g/mol. The molecule has 0 fully saturated rings. The molecule has 0 radical (unpaired) electrons. The maximum absolute atomic E-state index is 5.77. The van der Waals surface area contributed by atoms with E-state index in [1.54, 1.807) is 32.0 Å². The van der Waals surface area contributed by atoms with Crippen LogP contribution < -0.4 is 15.2 Å². The molecule has 0 aliphatic carbocycles. The zero-order valence-corrected chi connectivity index (χ0v) is 10.1. The van der Waals surface area contributed by atoms with E-state index in [9.17, 15) is 0 Å². The van der Waals surface area contributed by atoms with E-state index in [1.165, 1.54) is 0 Å². The zero-order chi connectivity index (χ0) is 12.4. The van der Waals surface area contributed by atoms with Gasteiger partial charge in [0.2, 0.25) is 0 Å². The van der Waals surface area contributed by atoms with E-state index in [0.717, 1.165) is 22.8 Å². The third-order valence-corrected chi connectivity index (χ3v) is 2.60. The Morgan fingerprint density at radius 3 is 2.47 bits per heavy atom. The van der Waals surface area contributed by atoms with Gasteiger partial charge in [0.15, 0.2) is 0 Å². The molecule has 5 nitrogen and oxygen atoms in total. The van der Waals surface area contributed by atoms with Gasteiger partial charge in [0.05, 0.1) is 19.9 Å². The number of hydrogen-bond donors (Lipinski definition) is 1. The molecule has 1 aromatic heterocycles. The second kappa shape index (κ2) is 4.37. The lowest BCUT2D eigenvalue weighted by atomic mass is 10.1. The molecule has 0 amide bonds. The van der Waals surface area contributed by atoms with Crippen LogP contribution in [0.25, 0.3) is 11.3 Å². The minimum atomic E-state index is 0.602. The van der Waals surface area contributed by atoms with E-state index >= 15 is 0 Å². The number of nitrogens with zero attached hydrogens (tertiary/aromatic N) is 2. The number of benzene rings is 1. The number of anilines is 1. The van der Waals surface area contributed by atoms with Gasteiger partial charge >= 0.3 is 0 Å². The van der Waals surface area contributed by atoms with Crippen LogP contribution >= 0.6 is 0 Å². The quantitative estimate of drug-likeness (QED) is 0.876. The van der Waals surface area contributed by atoms with Crippen LogP contribution in [0.2, 0.25) is 0 Å². The summed E-state index contributed by atoms with van der Waals surface area (Å²) in [4.78, 5) is 0. The minimum absolute atomic E-state index is 0.602. The number of hydrogen-bond acceptors (Lipinski definition) is 4. The first-order valence-corrected chi connectivity index (χ1v) is 5.17. The summed E-state index contributed by atoms with van der Waals surface area (Å²) in [5, 5.41) is 4.32. The SMILES string of the molecule is COc1ccc(OC)c(-c2cc(N)n(C)n2)c1.